The lowest BCUT2D eigenvalue weighted by atomic mass is 10.0. The third kappa shape index (κ3) is 6.90. The zero-order valence-electron chi connectivity index (χ0n) is 22.2. The van der Waals surface area contributed by atoms with Crippen LogP contribution in [0, 0.1) is 6.92 Å². The molecule has 2 heterocycles. The van der Waals surface area contributed by atoms with Crippen molar-refractivity contribution in [1.82, 2.24) is 25.1 Å². The number of halogens is 1. The number of nitrogens with zero attached hydrogens (tertiary/aromatic N) is 4. The number of likely N-dealkylation sites (N-methyl/N-ethyl adjacent to an activating group) is 1. The summed E-state index contributed by atoms with van der Waals surface area (Å²) in [5.41, 5.74) is 4.18. The van der Waals surface area contributed by atoms with E-state index in [4.69, 9.17) is 11.6 Å². The highest BCUT2D eigenvalue weighted by molar-refractivity contribution is 6.33. The van der Waals surface area contributed by atoms with Crippen molar-refractivity contribution >= 4 is 29.4 Å². The highest BCUT2D eigenvalue weighted by Crippen LogP contribution is 2.31. The lowest BCUT2D eigenvalue weighted by Crippen LogP contribution is -2.40. The number of aliphatic hydroxyl groups is 2. The number of fused-ring (bicyclic) bond motifs is 1. The molecule has 2 amide bonds. The number of rotatable bonds is 11. The van der Waals surface area contributed by atoms with E-state index in [1.54, 1.807) is 6.07 Å². The monoisotopic (exact) mass is 552 g/mol. The van der Waals surface area contributed by atoms with E-state index in [1.165, 1.54) is 11.1 Å². The summed E-state index contributed by atoms with van der Waals surface area (Å²) in [5, 5.41) is 25.8. The van der Waals surface area contributed by atoms with Crippen molar-refractivity contribution in [3.05, 3.63) is 75.9 Å². The molecule has 1 aliphatic rings. The number of nitrogens with one attached hydrogen (secondary N) is 2. The predicted molar refractivity (Wildman–Crippen MR) is 149 cm³/mol. The summed E-state index contributed by atoms with van der Waals surface area (Å²) in [6.07, 6.45) is 1.48. The Morgan fingerprint density at radius 2 is 1.97 bits per heavy atom. The van der Waals surface area contributed by atoms with Crippen molar-refractivity contribution in [2.24, 2.45) is 0 Å². The summed E-state index contributed by atoms with van der Waals surface area (Å²) >= 11 is 6.41. The fourth-order valence-corrected chi connectivity index (χ4v) is 4.78. The van der Waals surface area contributed by atoms with Crippen LogP contribution in [0.4, 0.5) is 5.95 Å². The van der Waals surface area contributed by atoms with Crippen LogP contribution in [0.3, 0.4) is 0 Å². The van der Waals surface area contributed by atoms with E-state index in [2.05, 4.69) is 20.6 Å². The van der Waals surface area contributed by atoms with Gasteiger partial charge in [0.25, 0.3) is 5.91 Å². The molecule has 0 radical (unpaired) electrons. The predicted octanol–water partition coefficient (Wildman–Crippen LogP) is 2.25. The Bertz CT molecular complexity index is 1350. The van der Waals surface area contributed by atoms with E-state index >= 15 is 0 Å². The highest BCUT2D eigenvalue weighted by atomic mass is 35.5. The van der Waals surface area contributed by atoms with Crippen molar-refractivity contribution in [2.75, 3.05) is 45.7 Å². The van der Waals surface area contributed by atoms with E-state index < -0.39 is 6.04 Å². The van der Waals surface area contributed by atoms with Crippen LogP contribution in [0.15, 0.2) is 48.7 Å². The van der Waals surface area contributed by atoms with Crippen molar-refractivity contribution in [2.45, 2.75) is 25.6 Å². The Labute approximate surface area is 232 Å². The maximum atomic E-state index is 13.2. The van der Waals surface area contributed by atoms with Crippen LogP contribution < -0.4 is 10.6 Å². The van der Waals surface area contributed by atoms with Crippen LogP contribution in [0.25, 0.3) is 11.3 Å². The number of anilines is 1. The lowest BCUT2D eigenvalue weighted by Gasteiger charge is -2.20. The summed E-state index contributed by atoms with van der Waals surface area (Å²) in [6, 6.07) is 12.1. The zero-order valence-corrected chi connectivity index (χ0v) is 22.9. The van der Waals surface area contributed by atoms with E-state index in [-0.39, 0.29) is 37.6 Å². The summed E-state index contributed by atoms with van der Waals surface area (Å²) in [4.78, 5) is 38.2. The Hall–Kier alpha value is -3.57. The topological polar surface area (TPSA) is 131 Å². The first-order valence-electron chi connectivity index (χ1n) is 12.6. The normalized spacial score (nSPS) is 14.3. The van der Waals surface area contributed by atoms with Crippen LogP contribution in [0.2, 0.25) is 5.02 Å². The molecule has 10 nitrogen and oxygen atoms in total. The molecule has 4 N–H and O–H groups in total. The van der Waals surface area contributed by atoms with E-state index in [0.29, 0.717) is 40.9 Å². The molecule has 0 fully saturated rings. The van der Waals surface area contributed by atoms with E-state index in [9.17, 15) is 19.8 Å². The number of carbonyl (C=O) groups is 2. The van der Waals surface area contributed by atoms with Gasteiger partial charge in [-0.2, -0.15) is 0 Å². The summed E-state index contributed by atoms with van der Waals surface area (Å²) < 4.78 is 0. The molecule has 1 aliphatic heterocycles. The minimum atomic E-state index is -0.560. The zero-order chi connectivity index (χ0) is 28.1. The van der Waals surface area contributed by atoms with Crippen LogP contribution in [-0.2, 0) is 11.3 Å². The molecule has 39 heavy (non-hydrogen) atoms. The first kappa shape index (κ1) is 28.4. The molecule has 4 rings (SSSR count). The van der Waals surface area contributed by atoms with Gasteiger partial charge in [0, 0.05) is 24.2 Å². The van der Waals surface area contributed by atoms with Gasteiger partial charge in [-0.15, -0.1) is 0 Å². The highest BCUT2D eigenvalue weighted by Gasteiger charge is 2.30. The Kier molecular flexibility index (Phi) is 9.13. The van der Waals surface area contributed by atoms with Gasteiger partial charge in [-0.25, -0.2) is 9.97 Å². The molecular formula is C28H33ClN6O4. The quantitative estimate of drug-likeness (QED) is 0.285. The summed E-state index contributed by atoms with van der Waals surface area (Å²) in [5.74, 6) is -0.317. The number of benzene rings is 2. The molecule has 1 unspecified atom stereocenters. The van der Waals surface area contributed by atoms with Gasteiger partial charge in [-0.3, -0.25) is 9.59 Å². The molecule has 2 atom stereocenters. The molecule has 2 aromatic carbocycles. The third-order valence-electron chi connectivity index (χ3n) is 6.44. The fourth-order valence-electron chi connectivity index (χ4n) is 4.58. The van der Waals surface area contributed by atoms with Crippen LogP contribution in [-0.4, -0.2) is 88.2 Å². The number of hydrogen-bond donors (Lipinski definition) is 4. The van der Waals surface area contributed by atoms with Crippen LogP contribution >= 0.6 is 11.6 Å². The third-order valence-corrected chi connectivity index (χ3v) is 6.72. The average molecular weight is 553 g/mol. The Morgan fingerprint density at radius 1 is 1.18 bits per heavy atom. The maximum absolute atomic E-state index is 13.2. The van der Waals surface area contributed by atoms with Crippen molar-refractivity contribution in [3.63, 3.8) is 0 Å². The first-order chi connectivity index (χ1) is 18.7. The smallest absolute Gasteiger partial charge is 0.254 e. The van der Waals surface area contributed by atoms with E-state index in [0.717, 1.165) is 16.7 Å². The van der Waals surface area contributed by atoms with Crippen molar-refractivity contribution < 1.29 is 19.8 Å². The molecule has 3 aromatic rings. The second kappa shape index (κ2) is 12.5. The number of aryl methyl sites for hydroxylation is 1. The molecule has 0 saturated heterocycles. The van der Waals surface area contributed by atoms with E-state index in [1.807, 2.05) is 62.3 Å². The van der Waals surface area contributed by atoms with Gasteiger partial charge in [0.05, 0.1) is 42.2 Å². The second-order valence-electron chi connectivity index (χ2n) is 9.93. The molecule has 206 valence electrons. The van der Waals surface area contributed by atoms with Crippen LogP contribution in [0.1, 0.15) is 33.1 Å². The first-order valence-corrected chi connectivity index (χ1v) is 13.0. The summed E-state index contributed by atoms with van der Waals surface area (Å²) in [7, 11) is 3.81. The average Bonchev–Trinajstić information content (AvgIpc) is 3.21. The van der Waals surface area contributed by atoms with Gasteiger partial charge in [-0.1, -0.05) is 53.6 Å². The molecule has 0 bridgehead atoms. The molecule has 11 heteroatoms. The SMILES string of the molecule is Cc1cccc([C@@H](CO)NC(=O)CN2Cc3ccc(-c4nc(NC(CO)CN(C)C)ncc4Cl)cc3C2=O)c1. The van der Waals surface area contributed by atoms with Gasteiger partial charge in [0.2, 0.25) is 11.9 Å². The Morgan fingerprint density at radius 3 is 2.67 bits per heavy atom. The molecule has 0 saturated carbocycles. The van der Waals surface area contributed by atoms with Crippen molar-refractivity contribution in [3.8, 4) is 11.3 Å². The number of aromatic nitrogens is 2. The molecule has 1 aromatic heterocycles. The minimum absolute atomic E-state index is 0.0969. The number of hydrogen-bond acceptors (Lipinski definition) is 8. The number of carbonyl (C=O) groups excluding carboxylic acids is 2. The fraction of sp³-hybridized carbons (Fsp3) is 0.357. The lowest BCUT2D eigenvalue weighted by molar-refractivity contribution is -0.122. The molecular weight excluding hydrogens is 520 g/mol. The largest absolute Gasteiger partial charge is 0.394 e. The molecule has 0 spiro atoms. The van der Waals surface area contributed by atoms with Gasteiger partial charge < -0.3 is 30.6 Å². The van der Waals surface area contributed by atoms with Crippen LogP contribution in [0.5, 0.6) is 0 Å². The maximum Gasteiger partial charge on any atom is 0.254 e. The standard InChI is InChI=1S/C28H33ClN6O4/c1-17-5-4-6-18(9-17)24(16-37)32-25(38)14-35-12-20-8-7-19(10-22(20)27(35)39)26-23(29)11-30-28(33-26)31-21(15-36)13-34(2)3/h4-11,21,24,36-37H,12-16H2,1-3H3,(H,32,38)(H,30,31,33)/t21?,24-/m1/s1. The second-order valence-corrected chi connectivity index (χ2v) is 10.3. The minimum Gasteiger partial charge on any atom is -0.394 e. The van der Waals surface area contributed by atoms with Gasteiger partial charge in [0.15, 0.2) is 0 Å². The van der Waals surface area contributed by atoms with Gasteiger partial charge >= 0.3 is 0 Å². The Balaban J connectivity index is 1.47. The molecule has 0 aliphatic carbocycles. The van der Waals surface area contributed by atoms with Crippen molar-refractivity contribution in [1.29, 1.82) is 0 Å². The number of aliphatic hydroxyl groups excluding tert-OH is 2. The van der Waals surface area contributed by atoms with Gasteiger partial charge in [-0.05, 0) is 38.2 Å². The summed E-state index contributed by atoms with van der Waals surface area (Å²) in [6.45, 7) is 2.33. The number of amides is 2. The van der Waals surface area contributed by atoms with Gasteiger partial charge in [0.1, 0.15) is 6.54 Å².